The summed E-state index contributed by atoms with van der Waals surface area (Å²) in [6.45, 7) is 3.28. The number of fused-ring (bicyclic) bond motifs is 1. The zero-order chi connectivity index (χ0) is 17.6. The Bertz CT molecular complexity index is 813. The molecule has 132 valence electrons. The first kappa shape index (κ1) is 15.9. The summed E-state index contributed by atoms with van der Waals surface area (Å²) in [5.74, 6) is 3.42. The van der Waals surface area contributed by atoms with Gasteiger partial charge in [0.2, 0.25) is 0 Å². The van der Waals surface area contributed by atoms with Gasteiger partial charge >= 0.3 is 0 Å². The Morgan fingerprint density at radius 1 is 1.20 bits per heavy atom. The van der Waals surface area contributed by atoms with Gasteiger partial charge in [0, 0.05) is 18.5 Å². The van der Waals surface area contributed by atoms with Crippen molar-refractivity contribution in [2.45, 2.75) is 38.3 Å². The van der Waals surface area contributed by atoms with Crippen LogP contribution < -0.4 is 9.47 Å². The van der Waals surface area contributed by atoms with Crippen LogP contribution in [0.3, 0.4) is 0 Å². The van der Waals surface area contributed by atoms with Crippen LogP contribution in [0.2, 0.25) is 0 Å². The number of hydrogen-bond donors (Lipinski definition) is 0. The summed E-state index contributed by atoms with van der Waals surface area (Å²) < 4.78 is 12.5. The fraction of sp³-hybridized carbons (Fsp3) is 0.500. The monoisotopic (exact) mass is 342 g/mol. The van der Waals surface area contributed by atoms with Gasteiger partial charge in [0.15, 0.2) is 5.82 Å². The molecule has 7 heteroatoms. The molecular weight excluding hydrogens is 320 g/mol. The molecule has 1 fully saturated rings. The van der Waals surface area contributed by atoms with E-state index in [4.69, 9.17) is 14.5 Å². The summed E-state index contributed by atoms with van der Waals surface area (Å²) in [4.78, 5) is 19.6. The number of aromatic nitrogens is 3. The number of nitrogens with zero attached hydrogens (tertiary/aromatic N) is 4. The lowest BCUT2D eigenvalue weighted by molar-refractivity contribution is 0.0627. The van der Waals surface area contributed by atoms with Gasteiger partial charge in [0.1, 0.15) is 17.3 Å². The van der Waals surface area contributed by atoms with Crippen molar-refractivity contribution in [3.05, 3.63) is 35.4 Å². The fourth-order valence-corrected chi connectivity index (χ4v) is 3.30. The Morgan fingerprint density at radius 3 is 2.68 bits per heavy atom. The van der Waals surface area contributed by atoms with Crippen LogP contribution in [0.1, 0.15) is 53.7 Å². The average molecular weight is 342 g/mol. The molecule has 1 saturated carbocycles. The highest BCUT2D eigenvalue weighted by Gasteiger charge is 2.35. The number of carbonyl (C=O) groups is 1. The van der Waals surface area contributed by atoms with Crippen molar-refractivity contribution in [3.8, 4) is 11.5 Å². The van der Waals surface area contributed by atoms with Crippen LogP contribution in [0.4, 0.5) is 0 Å². The predicted octanol–water partition coefficient (Wildman–Crippen LogP) is 2.39. The highest BCUT2D eigenvalue weighted by atomic mass is 16.5. The van der Waals surface area contributed by atoms with Crippen molar-refractivity contribution in [2.75, 3.05) is 20.8 Å². The van der Waals surface area contributed by atoms with E-state index in [9.17, 15) is 4.79 Å². The number of amides is 1. The topological polar surface area (TPSA) is 69.5 Å². The molecule has 1 aromatic heterocycles. The number of hydrogen-bond acceptors (Lipinski definition) is 5. The van der Waals surface area contributed by atoms with E-state index in [-0.39, 0.29) is 11.9 Å². The van der Waals surface area contributed by atoms with Crippen LogP contribution in [0.25, 0.3) is 0 Å². The van der Waals surface area contributed by atoms with E-state index in [1.807, 2.05) is 16.5 Å². The maximum Gasteiger partial charge on any atom is 0.258 e. The first-order valence-electron chi connectivity index (χ1n) is 8.60. The standard InChI is InChI=1S/C18H22N4O3/c1-11-17-19-16(12-4-5-12)20-22(17)9-8-21(11)18(23)14-7-6-13(24-2)10-15(14)25-3/h6-7,10-12H,4-5,8-9H2,1-3H3/t11-/m1/s1. The van der Waals surface area contributed by atoms with Gasteiger partial charge in [-0.1, -0.05) is 0 Å². The highest BCUT2D eigenvalue weighted by Crippen LogP contribution is 2.39. The number of ether oxygens (including phenoxy) is 2. The van der Waals surface area contributed by atoms with E-state index in [1.54, 1.807) is 32.4 Å². The lowest BCUT2D eigenvalue weighted by Crippen LogP contribution is -2.41. The van der Waals surface area contributed by atoms with E-state index in [2.05, 4.69) is 5.10 Å². The summed E-state index contributed by atoms with van der Waals surface area (Å²) in [5, 5.41) is 4.61. The average Bonchev–Trinajstić information content (AvgIpc) is 3.40. The maximum atomic E-state index is 13.1. The quantitative estimate of drug-likeness (QED) is 0.853. The Labute approximate surface area is 146 Å². The molecule has 1 amide bonds. The molecule has 1 aliphatic heterocycles. The molecule has 0 radical (unpaired) electrons. The highest BCUT2D eigenvalue weighted by molar-refractivity contribution is 5.97. The van der Waals surface area contributed by atoms with Gasteiger partial charge in [-0.25, -0.2) is 9.67 Å². The summed E-state index contributed by atoms with van der Waals surface area (Å²) in [5.41, 5.74) is 0.533. The molecule has 7 nitrogen and oxygen atoms in total. The second-order valence-electron chi connectivity index (χ2n) is 6.57. The molecule has 1 atom stereocenters. The van der Waals surface area contributed by atoms with E-state index in [0.717, 1.165) is 11.6 Å². The summed E-state index contributed by atoms with van der Waals surface area (Å²) in [6, 6.07) is 5.14. The molecule has 0 saturated heterocycles. The normalized spacial score (nSPS) is 19.5. The molecule has 1 aromatic carbocycles. The first-order valence-corrected chi connectivity index (χ1v) is 8.60. The number of rotatable bonds is 4. The van der Waals surface area contributed by atoms with E-state index >= 15 is 0 Å². The largest absolute Gasteiger partial charge is 0.497 e. The zero-order valence-corrected chi connectivity index (χ0v) is 14.7. The fourth-order valence-electron chi connectivity index (χ4n) is 3.30. The Hall–Kier alpha value is -2.57. The molecule has 2 heterocycles. The molecule has 0 unspecified atom stereocenters. The van der Waals surface area contributed by atoms with Crippen molar-refractivity contribution in [1.82, 2.24) is 19.7 Å². The summed E-state index contributed by atoms with van der Waals surface area (Å²) >= 11 is 0. The Balaban J connectivity index is 1.62. The molecule has 2 aromatic rings. The van der Waals surface area contributed by atoms with E-state index < -0.39 is 0 Å². The van der Waals surface area contributed by atoms with Crippen molar-refractivity contribution in [3.63, 3.8) is 0 Å². The predicted molar refractivity (Wildman–Crippen MR) is 91.0 cm³/mol. The van der Waals surface area contributed by atoms with Gasteiger partial charge in [-0.3, -0.25) is 4.79 Å². The Kier molecular flexibility index (Phi) is 3.86. The van der Waals surface area contributed by atoms with Crippen LogP contribution >= 0.6 is 0 Å². The maximum absolute atomic E-state index is 13.1. The summed E-state index contributed by atoms with van der Waals surface area (Å²) in [6.07, 6.45) is 2.34. The van der Waals surface area contributed by atoms with E-state index in [0.29, 0.717) is 36.1 Å². The lowest BCUT2D eigenvalue weighted by Gasteiger charge is -2.33. The van der Waals surface area contributed by atoms with Gasteiger partial charge < -0.3 is 14.4 Å². The van der Waals surface area contributed by atoms with Gasteiger partial charge in [0.25, 0.3) is 5.91 Å². The molecule has 0 spiro atoms. The molecule has 0 N–H and O–H groups in total. The van der Waals surface area contributed by atoms with Crippen LogP contribution in [0.15, 0.2) is 18.2 Å². The van der Waals surface area contributed by atoms with Gasteiger partial charge in [0.05, 0.1) is 32.4 Å². The number of benzene rings is 1. The minimum absolute atomic E-state index is 0.0609. The zero-order valence-electron chi connectivity index (χ0n) is 14.7. The van der Waals surface area contributed by atoms with Crippen LogP contribution in [-0.4, -0.2) is 46.3 Å². The van der Waals surface area contributed by atoms with Crippen molar-refractivity contribution in [1.29, 1.82) is 0 Å². The van der Waals surface area contributed by atoms with Crippen molar-refractivity contribution < 1.29 is 14.3 Å². The third-order valence-corrected chi connectivity index (χ3v) is 4.95. The van der Waals surface area contributed by atoms with Gasteiger partial charge in [-0.05, 0) is 31.9 Å². The molecular formula is C18H22N4O3. The molecule has 1 aliphatic carbocycles. The molecule has 25 heavy (non-hydrogen) atoms. The number of methoxy groups -OCH3 is 2. The van der Waals surface area contributed by atoms with Crippen LogP contribution in [-0.2, 0) is 6.54 Å². The van der Waals surface area contributed by atoms with Gasteiger partial charge in [-0.2, -0.15) is 5.10 Å². The smallest absolute Gasteiger partial charge is 0.258 e. The molecule has 2 aliphatic rings. The third-order valence-electron chi connectivity index (χ3n) is 4.95. The lowest BCUT2D eigenvalue weighted by atomic mass is 10.1. The molecule has 0 bridgehead atoms. The summed E-state index contributed by atoms with van der Waals surface area (Å²) in [7, 11) is 3.15. The minimum Gasteiger partial charge on any atom is -0.497 e. The minimum atomic E-state index is -0.118. The van der Waals surface area contributed by atoms with E-state index in [1.165, 1.54) is 12.8 Å². The van der Waals surface area contributed by atoms with Crippen LogP contribution in [0, 0.1) is 0 Å². The SMILES string of the molecule is COc1ccc(C(=O)N2CCn3nc(C4CC4)nc3[C@H]2C)c(OC)c1. The van der Waals surface area contributed by atoms with Crippen molar-refractivity contribution >= 4 is 5.91 Å². The second-order valence-corrected chi connectivity index (χ2v) is 6.57. The van der Waals surface area contributed by atoms with Crippen molar-refractivity contribution in [2.24, 2.45) is 0 Å². The second kappa shape index (κ2) is 6.06. The Morgan fingerprint density at radius 2 is 2.00 bits per heavy atom. The molecule has 4 rings (SSSR count). The van der Waals surface area contributed by atoms with Crippen LogP contribution in [0.5, 0.6) is 11.5 Å². The number of carbonyl (C=O) groups excluding carboxylic acids is 1. The first-order chi connectivity index (χ1) is 12.1. The van der Waals surface area contributed by atoms with Gasteiger partial charge in [-0.15, -0.1) is 0 Å². The third kappa shape index (κ3) is 2.73.